The van der Waals surface area contributed by atoms with Crippen LogP contribution in [0, 0.1) is 5.92 Å². The summed E-state index contributed by atoms with van der Waals surface area (Å²) in [5.41, 5.74) is 0.375. The molecule has 1 heterocycles. The Bertz CT molecular complexity index is 1220. The standard InChI is InChI=1S/C25H24O9/c1-9-8-14(26)16-12(19(9)27)6-7-13-18(16)22(30)11-4-3-5-15(17(11)21(13)29)34-25-24(32)23(31)20(28)10(2)33-25/h3-7,9-10,19-20,23-25,27-28,31-32H,8H2,1-2H3. The summed E-state index contributed by atoms with van der Waals surface area (Å²) in [7, 11) is 0. The number of hydrogen-bond donors (Lipinski definition) is 4. The molecule has 1 saturated heterocycles. The van der Waals surface area contributed by atoms with Gasteiger partial charge in [-0.1, -0.05) is 25.1 Å². The van der Waals surface area contributed by atoms with Crippen molar-refractivity contribution in [2.45, 2.75) is 57.1 Å². The molecule has 2 aromatic carbocycles. The first-order valence-corrected chi connectivity index (χ1v) is 11.1. The first-order chi connectivity index (χ1) is 16.1. The Kier molecular flexibility index (Phi) is 5.42. The van der Waals surface area contributed by atoms with E-state index >= 15 is 0 Å². The average Bonchev–Trinajstić information content (AvgIpc) is 2.82. The number of carbonyl (C=O) groups excluding carboxylic acids is 3. The van der Waals surface area contributed by atoms with Gasteiger partial charge in [0, 0.05) is 28.7 Å². The van der Waals surface area contributed by atoms with E-state index in [1.807, 2.05) is 0 Å². The molecule has 34 heavy (non-hydrogen) atoms. The van der Waals surface area contributed by atoms with Crippen LogP contribution in [0.15, 0.2) is 30.3 Å². The quantitative estimate of drug-likeness (QED) is 0.430. The molecule has 178 valence electrons. The lowest BCUT2D eigenvalue weighted by atomic mass is 9.73. The van der Waals surface area contributed by atoms with E-state index in [0.717, 1.165) is 0 Å². The van der Waals surface area contributed by atoms with Gasteiger partial charge in [0.15, 0.2) is 17.3 Å². The number of Topliss-reactive ketones (excluding diaryl/α,β-unsaturated/α-hetero) is 1. The number of fused-ring (bicyclic) bond motifs is 4. The molecule has 0 bridgehead atoms. The zero-order valence-electron chi connectivity index (χ0n) is 18.5. The van der Waals surface area contributed by atoms with Crippen LogP contribution in [-0.4, -0.2) is 68.5 Å². The molecule has 4 N–H and O–H groups in total. The maximum Gasteiger partial charge on any atom is 0.229 e. The summed E-state index contributed by atoms with van der Waals surface area (Å²) >= 11 is 0. The molecule has 1 aliphatic heterocycles. The van der Waals surface area contributed by atoms with E-state index in [9.17, 15) is 34.8 Å². The molecular formula is C25H24O9. The van der Waals surface area contributed by atoms with Gasteiger partial charge in [-0.25, -0.2) is 0 Å². The van der Waals surface area contributed by atoms with Gasteiger partial charge in [-0.3, -0.25) is 14.4 Å². The molecule has 0 aromatic heterocycles. The van der Waals surface area contributed by atoms with Crippen molar-refractivity contribution in [1.29, 1.82) is 0 Å². The van der Waals surface area contributed by atoms with Crippen molar-refractivity contribution in [1.82, 2.24) is 0 Å². The molecule has 2 aromatic rings. The molecule has 1 fully saturated rings. The van der Waals surface area contributed by atoms with E-state index in [2.05, 4.69) is 0 Å². The fourth-order valence-corrected chi connectivity index (χ4v) is 4.96. The zero-order valence-corrected chi connectivity index (χ0v) is 18.5. The van der Waals surface area contributed by atoms with Crippen LogP contribution in [0.2, 0.25) is 0 Å². The average molecular weight is 468 g/mol. The number of ketones is 3. The van der Waals surface area contributed by atoms with Gasteiger partial charge >= 0.3 is 0 Å². The molecule has 9 nitrogen and oxygen atoms in total. The number of aliphatic hydroxyl groups excluding tert-OH is 4. The molecule has 7 unspecified atom stereocenters. The predicted molar refractivity (Wildman–Crippen MR) is 116 cm³/mol. The Balaban J connectivity index is 1.58. The Morgan fingerprint density at radius 2 is 1.50 bits per heavy atom. The summed E-state index contributed by atoms with van der Waals surface area (Å²) in [5.74, 6) is -1.75. The van der Waals surface area contributed by atoms with Crippen molar-refractivity contribution < 1.29 is 44.3 Å². The van der Waals surface area contributed by atoms with Gasteiger partial charge in [0.25, 0.3) is 0 Å². The molecular weight excluding hydrogens is 444 g/mol. The summed E-state index contributed by atoms with van der Waals surface area (Å²) in [5, 5.41) is 40.8. The molecule has 0 saturated carbocycles. The minimum Gasteiger partial charge on any atom is -0.461 e. The van der Waals surface area contributed by atoms with E-state index in [0.29, 0.717) is 5.56 Å². The van der Waals surface area contributed by atoms with Crippen LogP contribution in [0.5, 0.6) is 5.75 Å². The molecule has 5 rings (SSSR count). The second kappa shape index (κ2) is 8.07. The smallest absolute Gasteiger partial charge is 0.229 e. The van der Waals surface area contributed by atoms with Gasteiger partial charge in [0.2, 0.25) is 6.29 Å². The van der Waals surface area contributed by atoms with Crippen molar-refractivity contribution in [3.63, 3.8) is 0 Å². The van der Waals surface area contributed by atoms with Crippen molar-refractivity contribution in [3.05, 3.63) is 63.7 Å². The Hall–Kier alpha value is -2.95. The van der Waals surface area contributed by atoms with Crippen LogP contribution in [0.1, 0.15) is 74.1 Å². The van der Waals surface area contributed by atoms with Crippen LogP contribution in [0.3, 0.4) is 0 Å². The Morgan fingerprint density at radius 3 is 2.24 bits per heavy atom. The maximum absolute atomic E-state index is 13.5. The second-order valence-electron chi connectivity index (χ2n) is 9.14. The summed E-state index contributed by atoms with van der Waals surface area (Å²) < 4.78 is 11.2. The van der Waals surface area contributed by atoms with Crippen LogP contribution in [0.4, 0.5) is 0 Å². The van der Waals surface area contributed by atoms with E-state index in [1.54, 1.807) is 6.92 Å². The van der Waals surface area contributed by atoms with Crippen LogP contribution in [-0.2, 0) is 4.74 Å². The molecule has 9 heteroatoms. The Labute approximate surface area is 194 Å². The van der Waals surface area contributed by atoms with Gasteiger partial charge in [0.05, 0.1) is 17.8 Å². The highest BCUT2D eigenvalue weighted by Gasteiger charge is 2.45. The highest BCUT2D eigenvalue weighted by molar-refractivity contribution is 6.32. The first-order valence-electron chi connectivity index (χ1n) is 11.1. The SMILES string of the molecule is CC1CC(=O)c2c(ccc3c2C(=O)c2cccc(OC4OC(C)C(O)C(O)C4O)c2C3=O)C1O. The summed E-state index contributed by atoms with van der Waals surface area (Å²) in [4.78, 5) is 39.9. The fraction of sp³-hybridized carbons (Fsp3) is 0.400. The molecule has 7 atom stereocenters. The number of rotatable bonds is 2. The highest BCUT2D eigenvalue weighted by Crippen LogP contribution is 2.42. The van der Waals surface area contributed by atoms with E-state index in [-0.39, 0.29) is 51.7 Å². The normalized spacial score (nSPS) is 32.6. The largest absolute Gasteiger partial charge is 0.461 e. The van der Waals surface area contributed by atoms with E-state index in [4.69, 9.17) is 9.47 Å². The van der Waals surface area contributed by atoms with Gasteiger partial charge in [-0.15, -0.1) is 0 Å². The van der Waals surface area contributed by atoms with Crippen molar-refractivity contribution in [2.24, 2.45) is 5.92 Å². The number of ether oxygens (including phenoxy) is 2. The van der Waals surface area contributed by atoms with E-state index in [1.165, 1.54) is 37.3 Å². The maximum atomic E-state index is 13.5. The van der Waals surface area contributed by atoms with Crippen molar-refractivity contribution >= 4 is 17.3 Å². The molecule has 0 spiro atoms. The van der Waals surface area contributed by atoms with Gasteiger partial charge in [-0.2, -0.15) is 0 Å². The second-order valence-corrected chi connectivity index (χ2v) is 9.14. The summed E-state index contributed by atoms with van der Waals surface area (Å²) in [6.45, 7) is 3.24. The van der Waals surface area contributed by atoms with Crippen LogP contribution in [0.25, 0.3) is 0 Å². The number of benzene rings is 2. The highest BCUT2D eigenvalue weighted by atomic mass is 16.7. The lowest BCUT2D eigenvalue weighted by molar-refractivity contribution is -0.268. The van der Waals surface area contributed by atoms with Crippen molar-refractivity contribution in [2.75, 3.05) is 0 Å². The summed E-state index contributed by atoms with van der Waals surface area (Å²) in [6.07, 6.45) is -7.57. The minimum atomic E-state index is -1.60. The fourth-order valence-electron chi connectivity index (χ4n) is 4.96. The Morgan fingerprint density at radius 1 is 0.824 bits per heavy atom. The molecule has 2 aliphatic carbocycles. The minimum absolute atomic E-state index is 0.0169. The van der Waals surface area contributed by atoms with Crippen LogP contribution >= 0.6 is 0 Å². The third-order valence-electron chi connectivity index (χ3n) is 6.90. The topological polar surface area (TPSA) is 151 Å². The molecule has 0 amide bonds. The van der Waals surface area contributed by atoms with Crippen molar-refractivity contribution in [3.8, 4) is 5.75 Å². The number of aliphatic hydroxyl groups is 4. The van der Waals surface area contributed by atoms with Gasteiger partial charge in [-0.05, 0) is 30.5 Å². The summed E-state index contributed by atoms with van der Waals surface area (Å²) in [6, 6.07) is 7.29. The first kappa shape index (κ1) is 22.8. The van der Waals surface area contributed by atoms with Crippen LogP contribution < -0.4 is 4.74 Å². The van der Waals surface area contributed by atoms with Gasteiger partial charge in [0.1, 0.15) is 24.1 Å². The molecule has 0 radical (unpaired) electrons. The third kappa shape index (κ3) is 3.24. The number of hydrogen-bond acceptors (Lipinski definition) is 9. The lowest BCUT2D eigenvalue weighted by Crippen LogP contribution is -2.58. The monoisotopic (exact) mass is 468 g/mol. The van der Waals surface area contributed by atoms with Gasteiger partial charge < -0.3 is 29.9 Å². The zero-order chi connectivity index (χ0) is 24.5. The predicted octanol–water partition coefficient (Wildman–Crippen LogP) is 0.924. The molecule has 3 aliphatic rings. The van der Waals surface area contributed by atoms with E-state index < -0.39 is 48.4 Å². The lowest BCUT2D eigenvalue weighted by Gasteiger charge is -2.39. The number of carbonyl (C=O) groups is 3. The third-order valence-corrected chi connectivity index (χ3v) is 6.90.